The van der Waals surface area contributed by atoms with E-state index in [1.165, 1.54) is 0 Å². The van der Waals surface area contributed by atoms with Crippen molar-refractivity contribution in [2.24, 2.45) is 5.11 Å². The zero-order chi connectivity index (χ0) is 5.70. The maximum Gasteiger partial charge on any atom is 0.228 e. The van der Waals surface area contributed by atoms with Crippen LogP contribution in [0.1, 0.15) is 0 Å². The summed E-state index contributed by atoms with van der Waals surface area (Å²) in [5, 5.41) is 2.71. The fourth-order valence-electron chi connectivity index (χ4n) is 0.0815. The van der Waals surface area contributed by atoms with Crippen molar-refractivity contribution in [3.05, 3.63) is 10.4 Å². The Kier molecular flexibility index (Phi) is 3.18. The Hall–Kier alpha value is -0.670. The van der Waals surface area contributed by atoms with Crippen LogP contribution < -0.4 is 0 Å². The molecule has 0 aliphatic carbocycles. The van der Waals surface area contributed by atoms with E-state index in [1.807, 2.05) is 0 Å². The summed E-state index contributed by atoms with van der Waals surface area (Å²) in [6.45, 7) is 0. The first-order chi connectivity index (χ1) is 3.31. The van der Waals surface area contributed by atoms with Crippen molar-refractivity contribution >= 4 is 18.5 Å². The van der Waals surface area contributed by atoms with Gasteiger partial charge in [0.05, 0.1) is 5.75 Å². The van der Waals surface area contributed by atoms with E-state index >= 15 is 0 Å². The minimum absolute atomic E-state index is 0.0238. The van der Waals surface area contributed by atoms with Crippen LogP contribution in [-0.2, 0) is 4.79 Å². The van der Waals surface area contributed by atoms with E-state index in [2.05, 4.69) is 22.7 Å². The van der Waals surface area contributed by atoms with Crippen LogP contribution in [0.25, 0.3) is 10.4 Å². The molecule has 5 heteroatoms. The molecule has 0 atom stereocenters. The molecule has 4 nitrogen and oxygen atoms in total. The summed E-state index contributed by atoms with van der Waals surface area (Å²) in [6, 6.07) is 0. The van der Waals surface area contributed by atoms with Crippen LogP contribution in [0.5, 0.6) is 0 Å². The average Bonchev–Trinajstić information content (AvgIpc) is 1.68. The van der Waals surface area contributed by atoms with Crippen molar-refractivity contribution < 1.29 is 4.79 Å². The molecule has 0 aromatic rings. The molecule has 0 aliphatic rings. The molecule has 0 radical (unpaired) electrons. The third kappa shape index (κ3) is 3.15. The van der Waals surface area contributed by atoms with Crippen molar-refractivity contribution in [1.29, 1.82) is 0 Å². The van der Waals surface area contributed by atoms with E-state index in [1.54, 1.807) is 0 Å². The first-order valence-electron chi connectivity index (χ1n) is 1.50. The lowest BCUT2D eigenvalue weighted by Crippen LogP contribution is -1.89. The normalized spacial score (nSPS) is 7.00. The van der Waals surface area contributed by atoms with E-state index in [4.69, 9.17) is 5.53 Å². The molecule has 0 heterocycles. The average molecular weight is 117 g/mol. The Morgan fingerprint density at radius 2 is 2.57 bits per heavy atom. The fourth-order valence-corrected chi connectivity index (χ4v) is 0.145. The molecule has 0 unspecified atom stereocenters. The van der Waals surface area contributed by atoms with Gasteiger partial charge in [0.1, 0.15) is 0 Å². The molecule has 0 bridgehead atoms. The molecule has 0 aromatic carbocycles. The van der Waals surface area contributed by atoms with Crippen LogP contribution in [0.15, 0.2) is 5.11 Å². The number of amides is 1. The van der Waals surface area contributed by atoms with E-state index in [-0.39, 0.29) is 5.75 Å². The van der Waals surface area contributed by atoms with Gasteiger partial charge in [-0.05, 0) is 10.6 Å². The summed E-state index contributed by atoms with van der Waals surface area (Å²) >= 11 is 3.54. The van der Waals surface area contributed by atoms with Gasteiger partial charge in [-0.25, -0.2) is 0 Å². The van der Waals surface area contributed by atoms with Gasteiger partial charge >= 0.3 is 0 Å². The van der Waals surface area contributed by atoms with Crippen molar-refractivity contribution in [2.45, 2.75) is 0 Å². The van der Waals surface area contributed by atoms with Gasteiger partial charge in [0, 0.05) is 4.91 Å². The Morgan fingerprint density at radius 3 is 2.71 bits per heavy atom. The molecule has 7 heavy (non-hydrogen) atoms. The highest BCUT2D eigenvalue weighted by Crippen LogP contribution is 1.77. The van der Waals surface area contributed by atoms with Gasteiger partial charge in [-0.15, -0.1) is 0 Å². The molecular weight excluding hydrogens is 114 g/mol. The molecule has 0 aliphatic heterocycles. The van der Waals surface area contributed by atoms with Crippen molar-refractivity contribution in [2.75, 3.05) is 5.75 Å². The van der Waals surface area contributed by atoms with Gasteiger partial charge in [-0.2, -0.15) is 12.6 Å². The summed E-state index contributed by atoms with van der Waals surface area (Å²) in [7, 11) is 0. The van der Waals surface area contributed by atoms with E-state index in [9.17, 15) is 4.79 Å². The molecule has 0 spiro atoms. The number of carbonyl (C=O) groups is 1. The summed E-state index contributed by atoms with van der Waals surface area (Å²) < 4.78 is 0. The van der Waals surface area contributed by atoms with Gasteiger partial charge in [-0.3, -0.25) is 4.79 Å². The lowest BCUT2D eigenvalue weighted by molar-refractivity contribution is -0.115. The molecule has 0 aromatic heterocycles. The first kappa shape index (κ1) is 6.33. The second-order valence-corrected chi connectivity index (χ2v) is 1.06. The maximum atomic E-state index is 9.91. The number of rotatable bonds is 1. The zero-order valence-corrected chi connectivity index (χ0v) is 4.30. The highest BCUT2D eigenvalue weighted by molar-refractivity contribution is 7.81. The van der Waals surface area contributed by atoms with E-state index < -0.39 is 5.91 Å². The minimum atomic E-state index is -0.550. The van der Waals surface area contributed by atoms with Crippen molar-refractivity contribution in [3.63, 3.8) is 0 Å². The topological polar surface area (TPSA) is 65.8 Å². The number of thiol groups is 1. The minimum Gasteiger partial charge on any atom is -0.292 e. The third-order valence-corrected chi connectivity index (χ3v) is 0.562. The third-order valence-electron chi connectivity index (χ3n) is 0.292. The summed E-state index contributed by atoms with van der Waals surface area (Å²) in [6.07, 6.45) is 0. The monoisotopic (exact) mass is 117 g/mol. The molecular formula is C2H3N3OS. The highest BCUT2D eigenvalue weighted by Gasteiger charge is 1.86. The van der Waals surface area contributed by atoms with Crippen molar-refractivity contribution in [1.82, 2.24) is 0 Å². The predicted octanol–water partition coefficient (Wildman–Crippen LogP) is 0.753. The Balaban J connectivity index is 3.58. The quantitative estimate of drug-likeness (QED) is 0.234. The summed E-state index contributed by atoms with van der Waals surface area (Å²) in [5.74, 6) is -0.574. The largest absolute Gasteiger partial charge is 0.292 e. The lowest BCUT2D eigenvalue weighted by Gasteiger charge is -1.73. The van der Waals surface area contributed by atoms with Crippen LogP contribution >= 0.6 is 12.6 Å². The Morgan fingerprint density at radius 1 is 2.00 bits per heavy atom. The van der Waals surface area contributed by atoms with Gasteiger partial charge in [0.25, 0.3) is 0 Å². The van der Waals surface area contributed by atoms with Gasteiger partial charge < -0.3 is 0 Å². The van der Waals surface area contributed by atoms with Gasteiger partial charge in [-0.1, -0.05) is 0 Å². The molecule has 0 saturated heterocycles. The first-order valence-corrected chi connectivity index (χ1v) is 2.13. The molecule has 38 valence electrons. The lowest BCUT2D eigenvalue weighted by atomic mass is 10.8. The smallest absolute Gasteiger partial charge is 0.228 e. The second-order valence-electron chi connectivity index (χ2n) is 0.741. The highest BCUT2D eigenvalue weighted by atomic mass is 32.1. The molecule has 0 saturated carbocycles. The summed E-state index contributed by atoms with van der Waals surface area (Å²) in [5.41, 5.74) is 7.57. The zero-order valence-electron chi connectivity index (χ0n) is 3.40. The molecule has 0 rings (SSSR count). The van der Waals surface area contributed by atoms with E-state index in [0.29, 0.717) is 0 Å². The predicted molar refractivity (Wildman–Crippen MR) is 28.0 cm³/mol. The SMILES string of the molecule is [N-]=[N+]=NC(=O)CS. The number of azide groups is 1. The maximum absolute atomic E-state index is 9.91. The van der Waals surface area contributed by atoms with E-state index in [0.717, 1.165) is 0 Å². The van der Waals surface area contributed by atoms with Gasteiger partial charge in [0.15, 0.2) is 0 Å². The van der Waals surface area contributed by atoms with Crippen molar-refractivity contribution in [3.8, 4) is 0 Å². The fraction of sp³-hybridized carbons (Fsp3) is 0.500. The second kappa shape index (κ2) is 3.52. The number of hydrogen-bond donors (Lipinski definition) is 1. The van der Waals surface area contributed by atoms with Gasteiger partial charge in [0.2, 0.25) is 5.91 Å². The standard InChI is InChI=1S/C2H3N3OS/c3-5-4-2(6)1-7/h7H,1H2. The van der Waals surface area contributed by atoms with Crippen LogP contribution in [-0.4, -0.2) is 11.7 Å². The van der Waals surface area contributed by atoms with Crippen LogP contribution in [0.4, 0.5) is 0 Å². The molecule has 0 N–H and O–H groups in total. The Bertz CT molecular complexity index is 116. The summed E-state index contributed by atoms with van der Waals surface area (Å²) in [4.78, 5) is 12.1. The number of hydrogen-bond acceptors (Lipinski definition) is 2. The molecule has 1 amide bonds. The number of carbonyl (C=O) groups excluding carboxylic acids is 1. The molecule has 0 fully saturated rings. The Labute approximate surface area is 45.6 Å². The van der Waals surface area contributed by atoms with Crippen LogP contribution in [0, 0.1) is 0 Å². The van der Waals surface area contributed by atoms with Crippen LogP contribution in [0.3, 0.4) is 0 Å². The van der Waals surface area contributed by atoms with Crippen LogP contribution in [0.2, 0.25) is 0 Å². The number of nitrogens with zero attached hydrogens (tertiary/aromatic N) is 3.